The summed E-state index contributed by atoms with van der Waals surface area (Å²) < 4.78 is 5.03. The fourth-order valence-electron chi connectivity index (χ4n) is 6.99. The zero-order valence-corrected chi connectivity index (χ0v) is 41.1. The highest BCUT2D eigenvalue weighted by atomic mass is 35.6. The first-order chi connectivity index (χ1) is 26.9. The second-order valence-corrected chi connectivity index (χ2v) is 23.3. The van der Waals surface area contributed by atoms with Crippen LogP contribution in [-0.4, -0.2) is 30.5 Å². The van der Waals surface area contributed by atoms with E-state index in [2.05, 4.69) is 138 Å². The van der Waals surface area contributed by atoms with E-state index in [1.165, 1.54) is 0 Å². The minimum atomic E-state index is -0.750. The van der Waals surface area contributed by atoms with Crippen molar-refractivity contribution in [2.75, 3.05) is 6.61 Å². The maximum atomic E-state index is 12.1. The molecule has 59 heavy (non-hydrogen) atoms. The average Bonchev–Trinajstić information content (AvgIpc) is 3.06. The standard InChI is InChI=1S/C47H60O4.2CHCl3/c1-14-15-51-43-34-18-32-24-37(45(5,6)7)22-30(41(32)49)16-28-20-36(44(2,3)4)21-29(40(28)48)17-31-23-38(46(8,9)10)25-33(42(31)50)19-35(43)27-39(26-34)47(11,12)13;2*2-1(3)4/h14,20-27,48-50H,1,15-19H2,2-13H3;2*1H. The van der Waals surface area contributed by atoms with E-state index in [4.69, 9.17) is 74.3 Å². The molecule has 10 heteroatoms. The van der Waals surface area contributed by atoms with Gasteiger partial charge in [0.25, 0.3) is 0 Å². The maximum absolute atomic E-state index is 12.1. The second kappa shape index (κ2) is 20.2. The smallest absolute Gasteiger partial charge is 0.180 e. The fourth-order valence-corrected chi connectivity index (χ4v) is 6.99. The third kappa shape index (κ3) is 14.3. The van der Waals surface area contributed by atoms with Crippen LogP contribution in [0.3, 0.4) is 0 Å². The van der Waals surface area contributed by atoms with Crippen molar-refractivity contribution >= 4 is 69.6 Å². The summed E-state index contributed by atoms with van der Waals surface area (Å²) in [7, 11) is 0. The zero-order chi connectivity index (χ0) is 45.0. The number of ether oxygens (including phenoxy) is 1. The summed E-state index contributed by atoms with van der Waals surface area (Å²) in [5, 5.41) is 36.2. The monoisotopic (exact) mass is 924 g/mol. The number of alkyl halides is 6. The van der Waals surface area contributed by atoms with Crippen molar-refractivity contribution in [2.24, 2.45) is 0 Å². The van der Waals surface area contributed by atoms with E-state index in [1.807, 2.05) is 0 Å². The lowest BCUT2D eigenvalue weighted by Gasteiger charge is -2.27. The van der Waals surface area contributed by atoms with Gasteiger partial charge in [-0.15, -0.1) is 0 Å². The highest BCUT2D eigenvalue weighted by molar-refractivity contribution is 6.63. The third-order valence-electron chi connectivity index (χ3n) is 10.4. The highest BCUT2D eigenvalue weighted by Gasteiger charge is 2.28. The summed E-state index contributed by atoms with van der Waals surface area (Å²) >= 11 is 28.8. The molecule has 5 rings (SSSR count). The van der Waals surface area contributed by atoms with E-state index in [-0.39, 0.29) is 38.9 Å². The van der Waals surface area contributed by atoms with E-state index >= 15 is 0 Å². The van der Waals surface area contributed by atoms with Crippen LogP contribution in [-0.2, 0) is 47.3 Å². The molecule has 0 atom stereocenters. The summed E-state index contributed by atoms with van der Waals surface area (Å²) in [6.07, 6.45) is 3.37. The number of halogens is 6. The molecule has 4 aromatic rings. The molecule has 1 aliphatic rings. The van der Waals surface area contributed by atoms with Crippen LogP contribution in [0, 0.1) is 0 Å². The van der Waals surface area contributed by atoms with Gasteiger partial charge in [0.15, 0.2) is 8.59 Å². The van der Waals surface area contributed by atoms with E-state index in [0.29, 0.717) is 32.3 Å². The molecule has 0 heterocycles. The van der Waals surface area contributed by atoms with Crippen LogP contribution >= 0.6 is 69.6 Å². The highest BCUT2D eigenvalue weighted by Crippen LogP contribution is 2.43. The molecule has 0 aliphatic heterocycles. The molecule has 0 saturated heterocycles. The molecule has 0 saturated carbocycles. The lowest BCUT2D eigenvalue weighted by Crippen LogP contribution is -2.16. The second-order valence-electron chi connectivity index (χ2n) is 19.4. The molecule has 4 aromatic carbocycles. The summed E-state index contributed by atoms with van der Waals surface area (Å²) in [6.45, 7) is 30.6. The van der Waals surface area contributed by atoms with Gasteiger partial charge in [-0.1, -0.05) is 214 Å². The predicted molar refractivity (Wildman–Crippen MR) is 255 cm³/mol. The lowest BCUT2D eigenvalue weighted by atomic mass is 9.79. The van der Waals surface area contributed by atoms with Crippen LogP contribution in [0.2, 0.25) is 0 Å². The first kappa shape index (κ1) is 50.9. The first-order valence-electron chi connectivity index (χ1n) is 19.7. The topological polar surface area (TPSA) is 69.9 Å². The van der Waals surface area contributed by atoms with Crippen molar-refractivity contribution in [1.29, 1.82) is 0 Å². The SMILES string of the molecule is C=CCOc1c2cc(C(C)(C)C)cc1Cc1cc(C(C)(C)C)cc(c1O)Cc1cc(C(C)(C)C)cc(c1O)Cc1cc(C(C)(C)C)cc(c1O)C2.ClC(Cl)Cl.ClC(Cl)Cl. The van der Waals surface area contributed by atoms with Crippen LogP contribution in [0.1, 0.15) is 150 Å². The Morgan fingerprint density at radius 2 is 0.644 bits per heavy atom. The van der Waals surface area contributed by atoms with Gasteiger partial charge < -0.3 is 20.1 Å². The average molecular weight is 928 g/mol. The number of hydrogen-bond donors (Lipinski definition) is 3. The van der Waals surface area contributed by atoms with Crippen LogP contribution in [0.25, 0.3) is 0 Å². The molecule has 0 fully saturated rings. The molecule has 0 spiro atoms. The first-order valence-corrected chi connectivity index (χ1v) is 22.4. The summed E-state index contributed by atoms with van der Waals surface area (Å²) in [6, 6.07) is 17.1. The minimum absolute atomic E-state index is 0.159. The van der Waals surface area contributed by atoms with E-state index < -0.39 is 8.59 Å². The molecule has 0 unspecified atom stereocenters. The molecule has 1 aliphatic carbocycles. The van der Waals surface area contributed by atoms with Gasteiger partial charge in [0, 0.05) is 25.7 Å². The Bertz CT molecular complexity index is 1970. The Labute approximate surface area is 383 Å². The van der Waals surface area contributed by atoms with Crippen LogP contribution in [0.5, 0.6) is 23.0 Å². The fraction of sp³-hybridized carbons (Fsp3) is 0.469. The molecule has 8 bridgehead atoms. The Balaban J connectivity index is 0.00000107. The lowest BCUT2D eigenvalue weighted by molar-refractivity contribution is 0.355. The van der Waals surface area contributed by atoms with Gasteiger partial charge in [-0.3, -0.25) is 0 Å². The van der Waals surface area contributed by atoms with Crippen molar-refractivity contribution in [1.82, 2.24) is 0 Å². The summed E-state index contributed by atoms with van der Waals surface area (Å²) in [5.41, 5.74) is 10.5. The number of phenolic OH excluding ortho intramolecular Hbond substituents is 3. The van der Waals surface area contributed by atoms with Crippen molar-refractivity contribution in [3.8, 4) is 23.0 Å². The van der Waals surface area contributed by atoms with Crippen molar-refractivity contribution in [3.63, 3.8) is 0 Å². The minimum Gasteiger partial charge on any atom is -0.507 e. The molecular weight excluding hydrogens is 865 g/mol. The molecule has 3 N–H and O–H groups in total. The van der Waals surface area contributed by atoms with Crippen LogP contribution in [0.4, 0.5) is 0 Å². The van der Waals surface area contributed by atoms with Gasteiger partial charge >= 0.3 is 0 Å². The summed E-state index contributed by atoms with van der Waals surface area (Å²) in [4.78, 5) is 0. The number of fused-ring (bicyclic) bond motifs is 8. The number of hydrogen-bond acceptors (Lipinski definition) is 4. The van der Waals surface area contributed by atoms with Gasteiger partial charge in [0.1, 0.15) is 29.6 Å². The van der Waals surface area contributed by atoms with Crippen molar-refractivity contribution in [2.45, 2.75) is 139 Å². The van der Waals surface area contributed by atoms with Gasteiger partial charge in [-0.2, -0.15) is 0 Å². The number of benzene rings is 4. The van der Waals surface area contributed by atoms with Gasteiger partial charge in [-0.25, -0.2) is 0 Å². The zero-order valence-electron chi connectivity index (χ0n) is 36.6. The Hall–Kier alpha value is -2.44. The molecular formula is C49H62Cl6O4. The predicted octanol–water partition coefficient (Wildman–Crippen LogP) is 15.2. The van der Waals surface area contributed by atoms with E-state index in [0.717, 1.165) is 72.5 Å². The Morgan fingerprint density at radius 3 is 0.831 bits per heavy atom. The van der Waals surface area contributed by atoms with E-state index in [9.17, 15) is 15.3 Å². The number of rotatable bonds is 3. The largest absolute Gasteiger partial charge is 0.507 e. The molecule has 324 valence electrons. The van der Waals surface area contributed by atoms with Crippen molar-refractivity contribution < 1.29 is 20.1 Å². The van der Waals surface area contributed by atoms with Crippen molar-refractivity contribution in [3.05, 3.63) is 128 Å². The quantitative estimate of drug-likeness (QED) is 0.125. The van der Waals surface area contributed by atoms with Gasteiger partial charge in [0.2, 0.25) is 0 Å². The van der Waals surface area contributed by atoms with Gasteiger partial charge in [-0.05, 0) is 88.4 Å². The van der Waals surface area contributed by atoms with Gasteiger partial charge in [0.05, 0.1) is 0 Å². The summed E-state index contributed by atoms with van der Waals surface area (Å²) in [5.74, 6) is 1.45. The molecule has 4 nitrogen and oxygen atoms in total. The number of phenols is 3. The van der Waals surface area contributed by atoms with Crippen LogP contribution < -0.4 is 4.74 Å². The third-order valence-corrected chi connectivity index (χ3v) is 10.4. The molecule has 0 aromatic heterocycles. The number of aromatic hydroxyl groups is 3. The molecule has 0 radical (unpaired) electrons. The van der Waals surface area contributed by atoms with E-state index in [1.54, 1.807) is 6.08 Å². The van der Waals surface area contributed by atoms with Crippen LogP contribution in [0.15, 0.2) is 61.2 Å². The molecule has 0 amide bonds. The normalized spacial score (nSPS) is 13.3. The Morgan fingerprint density at radius 1 is 0.458 bits per heavy atom. The Kier molecular flexibility index (Phi) is 17.4. The maximum Gasteiger partial charge on any atom is 0.180 e.